The summed E-state index contributed by atoms with van der Waals surface area (Å²) in [6, 6.07) is 3.33. The number of carbonyl (C=O) groups is 2. The van der Waals surface area contributed by atoms with Crippen LogP contribution in [0.3, 0.4) is 0 Å². The maximum atomic E-state index is 12.5. The minimum Gasteiger partial charge on any atom is -0.481 e. The number of carboxylic acid groups (broad SMARTS) is 1. The molecule has 1 aliphatic heterocycles. The molecule has 22 heavy (non-hydrogen) atoms. The van der Waals surface area contributed by atoms with Crippen molar-refractivity contribution in [1.29, 1.82) is 0 Å². The Balaban J connectivity index is 2.27. The molecule has 1 aromatic carbocycles. The molecule has 1 unspecified atom stereocenters. The van der Waals surface area contributed by atoms with Crippen LogP contribution in [0, 0.1) is 0 Å². The van der Waals surface area contributed by atoms with Crippen LogP contribution in [0.25, 0.3) is 0 Å². The Hall–Kier alpha value is -1.89. The number of ether oxygens (including phenoxy) is 1. The van der Waals surface area contributed by atoms with Crippen molar-refractivity contribution in [3.8, 4) is 5.75 Å². The Morgan fingerprint density at radius 2 is 2.18 bits per heavy atom. The van der Waals surface area contributed by atoms with Crippen LogP contribution in [0.4, 0.5) is 8.78 Å². The van der Waals surface area contributed by atoms with E-state index in [1.807, 2.05) is 0 Å². The molecule has 1 saturated heterocycles. The van der Waals surface area contributed by atoms with Gasteiger partial charge in [-0.15, -0.1) is 0 Å². The van der Waals surface area contributed by atoms with Crippen LogP contribution in [0.1, 0.15) is 29.6 Å². The van der Waals surface area contributed by atoms with Crippen molar-refractivity contribution in [3.63, 3.8) is 0 Å². The molecule has 0 spiro atoms. The molecule has 0 aromatic heterocycles. The summed E-state index contributed by atoms with van der Waals surface area (Å²) in [4.78, 5) is 24.8. The van der Waals surface area contributed by atoms with Crippen LogP contribution >= 0.6 is 11.6 Å². The molecule has 1 fully saturated rings. The number of hydrogen-bond acceptors (Lipinski definition) is 3. The number of likely N-dealkylation sites (tertiary alicyclic amines) is 1. The summed E-state index contributed by atoms with van der Waals surface area (Å²) in [5.74, 6) is -1.84. The third-order valence-corrected chi connectivity index (χ3v) is 3.67. The van der Waals surface area contributed by atoms with E-state index in [0.717, 1.165) is 0 Å². The van der Waals surface area contributed by atoms with E-state index in [2.05, 4.69) is 4.74 Å². The molecule has 0 aliphatic carbocycles. The number of amides is 1. The topological polar surface area (TPSA) is 66.8 Å². The lowest BCUT2D eigenvalue weighted by Crippen LogP contribution is -2.37. The van der Waals surface area contributed by atoms with Crippen LogP contribution in [-0.4, -0.2) is 41.1 Å². The monoisotopic (exact) mass is 333 g/mol. The minimum absolute atomic E-state index is 0.0925. The molecule has 0 radical (unpaired) electrons. The van der Waals surface area contributed by atoms with Gasteiger partial charge in [-0.05, 0) is 31.0 Å². The van der Waals surface area contributed by atoms with Crippen LogP contribution in [0.5, 0.6) is 5.75 Å². The lowest BCUT2D eigenvalue weighted by Gasteiger charge is -2.24. The highest BCUT2D eigenvalue weighted by molar-refractivity contribution is 6.31. The van der Waals surface area contributed by atoms with Crippen LogP contribution in [-0.2, 0) is 4.79 Å². The van der Waals surface area contributed by atoms with Crippen molar-refractivity contribution in [3.05, 3.63) is 28.8 Å². The number of aliphatic carboxylic acids is 1. The molecule has 1 amide bonds. The number of rotatable bonds is 5. The van der Waals surface area contributed by atoms with Gasteiger partial charge in [0.25, 0.3) is 5.91 Å². The molecule has 8 heteroatoms. The fraction of sp³-hybridized carbons (Fsp3) is 0.429. The largest absolute Gasteiger partial charge is 0.481 e. The maximum absolute atomic E-state index is 12.5. The van der Waals surface area contributed by atoms with Gasteiger partial charge in [-0.3, -0.25) is 9.59 Å². The van der Waals surface area contributed by atoms with E-state index < -0.39 is 24.5 Å². The van der Waals surface area contributed by atoms with Crippen molar-refractivity contribution >= 4 is 23.5 Å². The first kappa shape index (κ1) is 16.5. The Kier molecular flexibility index (Phi) is 5.18. The maximum Gasteiger partial charge on any atom is 0.387 e. The highest BCUT2D eigenvalue weighted by atomic mass is 35.5. The lowest BCUT2D eigenvalue weighted by atomic mass is 10.1. The molecule has 0 saturated carbocycles. The normalized spacial score (nSPS) is 17.8. The second-order valence-corrected chi connectivity index (χ2v) is 5.35. The van der Waals surface area contributed by atoms with Gasteiger partial charge in [0.2, 0.25) is 0 Å². The summed E-state index contributed by atoms with van der Waals surface area (Å²) >= 11 is 5.82. The fourth-order valence-corrected chi connectivity index (χ4v) is 2.71. The summed E-state index contributed by atoms with van der Waals surface area (Å²) in [5.41, 5.74) is -0.0925. The van der Waals surface area contributed by atoms with E-state index in [-0.39, 0.29) is 22.8 Å². The molecular weight excluding hydrogens is 320 g/mol. The Morgan fingerprint density at radius 1 is 1.45 bits per heavy atom. The van der Waals surface area contributed by atoms with Gasteiger partial charge < -0.3 is 14.7 Å². The number of benzene rings is 1. The van der Waals surface area contributed by atoms with Crippen molar-refractivity contribution in [2.24, 2.45) is 0 Å². The highest BCUT2D eigenvalue weighted by Crippen LogP contribution is 2.29. The quantitative estimate of drug-likeness (QED) is 0.899. The van der Waals surface area contributed by atoms with Gasteiger partial charge in [-0.1, -0.05) is 11.6 Å². The van der Waals surface area contributed by atoms with Gasteiger partial charge in [0, 0.05) is 17.6 Å². The zero-order valence-corrected chi connectivity index (χ0v) is 12.2. The number of hydrogen-bond donors (Lipinski definition) is 1. The smallest absolute Gasteiger partial charge is 0.387 e. The van der Waals surface area contributed by atoms with Crippen molar-refractivity contribution in [1.82, 2.24) is 4.90 Å². The number of alkyl halides is 2. The standard InChI is InChI=1S/C14H14ClF2NO4/c15-8-3-4-11(22-14(16)17)10(6-8)13(21)18-5-1-2-9(18)7-12(19)20/h3-4,6,9,14H,1-2,5,7H2,(H,19,20). The Bertz CT molecular complexity index is 582. The predicted octanol–water partition coefficient (Wildman–Crippen LogP) is 3.02. The number of carboxylic acids is 1. The Labute approximate surface area is 130 Å². The van der Waals surface area contributed by atoms with Gasteiger partial charge in [0.05, 0.1) is 12.0 Å². The molecule has 2 rings (SSSR count). The highest BCUT2D eigenvalue weighted by Gasteiger charge is 2.32. The Morgan fingerprint density at radius 3 is 2.82 bits per heavy atom. The van der Waals surface area contributed by atoms with E-state index in [4.69, 9.17) is 16.7 Å². The number of nitrogens with zero attached hydrogens (tertiary/aromatic N) is 1. The summed E-state index contributed by atoms with van der Waals surface area (Å²) in [6.45, 7) is -2.70. The van der Waals surface area contributed by atoms with Crippen molar-refractivity contribution in [2.45, 2.75) is 31.9 Å². The number of halogens is 3. The van der Waals surface area contributed by atoms with Gasteiger partial charge in [-0.25, -0.2) is 0 Å². The first-order valence-corrected chi connectivity index (χ1v) is 7.03. The molecule has 1 heterocycles. The molecule has 1 aliphatic rings. The van der Waals surface area contributed by atoms with Gasteiger partial charge in [-0.2, -0.15) is 8.78 Å². The predicted molar refractivity (Wildman–Crippen MR) is 74.4 cm³/mol. The zero-order chi connectivity index (χ0) is 16.3. The van der Waals surface area contributed by atoms with Crippen LogP contribution in [0.15, 0.2) is 18.2 Å². The fourth-order valence-electron chi connectivity index (χ4n) is 2.54. The van der Waals surface area contributed by atoms with Gasteiger partial charge in [0.1, 0.15) is 5.75 Å². The summed E-state index contributed by atoms with van der Waals surface area (Å²) in [6.07, 6.45) is 1.04. The first-order chi connectivity index (χ1) is 10.4. The minimum atomic E-state index is -3.07. The summed E-state index contributed by atoms with van der Waals surface area (Å²) in [7, 11) is 0. The van der Waals surface area contributed by atoms with E-state index in [1.54, 1.807) is 0 Å². The first-order valence-electron chi connectivity index (χ1n) is 6.65. The molecule has 1 aromatic rings. The molecular formula is C14H14ClF2NO4. The van der Waals surface area contributed by atoms with Gasteiger partial charge >= 0.3 is 12.6 Å². The third-order valence-electron chi connectivity index (χ3n) is 3.44. The summed E-state index contributed by atoms with van der Waals surface area (Å²) in [5, 5.41) is 9.09. The van der Waals surface area contributed by atoms with E-state index in [1.165, 1.54) is 23.1 Å². The second-order valence-electron chi connectivity index (χ2n) is 4.91. The summed E-state index contributed by atoms with van der Waals surface area (Å²) < 4.78 is 29.2. The zero-order valence-electron chi connectivity index (χ0n) is 11.5. The average Bonchev–Trinajstić information content (AvgIpc) is 2.86. The van der Waals surface area contributed by atoms with Crippen molar-refractivity contribution in [2.75, 3.05) is 6.54 Å². The molecule has 1 N–H and O–H groups in total. The third kappa shape index (κ3) is 3.85. The molecule has 120 valence electrons. The van der Waals surface area contributed by atoms with E-state index in [0.29, 0.717) is 19.4 Å². The molecule has 0 bridgehead atoms. The lowest BCUT2D eigenvalue weighted by molar-refractivity contribution is -0.137. The van der Waals surface area contributed by atoms with Crippen LogP contribution in [0.2, 0.25) is 5.02 Å². The van der Waals surface area contributed by atoms with E-state index in [9.17, 15) is 18.4 Å². The van der Waals surface area contributed by atoms with E-state index >= 15 is 0 Å². The van der Waals surface area contributed by atoms with Gasteiger partial charge in [0.15, 0.2) is 0 Å². The molecule has 5 nitrogen and oxygen atoms in total. The van der Waals surface area contributed by atoms with Crippen molar-refractivity contribution < 1.29 is 28.2 Å². The second kappa shape index (κ2) is 6.91. The molecule has 1 atom stereocenters. The SMILES string of the molecule is O=C(O)CC1CCCN1C(=O)c1cc(Cl)ccc1OC(F)F. The van der Waals surface area contributed by atoms with Crippen LogP contribution < -0.4 is 4.74 Å². The number of carbonyl (C=O) groups excluding carboxylic acids is 1. The average molecular weight is 334 g/mol.